The monoisotopic (exact) mass is 398 g/mol. The Labute approximate surface area is 166 Å². The highest BCUT2D eigenvalue weighted by molar-refractivity contribution is 6.23. The molecule has 2 aromatic carbocycles. The van der Waals surface area contributed by atoms with E-state index in [1.165, 1.54) is 24.3 Å². The lowest BCUT2D eigenvalue weighted by atomic mass is 10.1. The Morgan fingerprint density at radius 3 is 2.31 bits per heavy atom. The molecule has 4 rings (SSSR count). The van der Waals surface area contributed by atoms with Gasteiger partial charge in [0.2, 0.25) is 0 Å². The van der Waals surface area contributed by atoms with Gasteiger partial charge in [0, 0.05) is 44.4 Å². The van der Waals surface area contributed by atoms with Crippen LogP contribution in [0.3, 0.4) is 0 Å². The summed E-state index contributed by atoms with van der Waals surface area (Å²) in [6.45, 7) is 3.11. The van der Waals surface area contributed by atoms with Gasteiger partial charge in [0.1, 0.15) is 11.4 Å². The first kappa shape index (κ1) is 19.2. The van der Waals surface area contributed by atoms with Gasteiger partial charge in [-0.1, -0.05) is 24.3 Å². The molecule has 0 atom stereocenters. The Hall–Kier alpha value is -3.17. The lowest BCUT2D eigenvalue weighted by Crippen LogP contribution is -2.50. The number of nitro benzene ring substituents is 1. The SMILES string of the molecule is O=C1c2cccc([N+](=O)[O-])c2C(=O)N1CN1CCN(Cc2ccccc2F)CC1. The predicted molar refractivity (Wildman–Crippen MR) is 102 cm³/mol. The Morgan fingerprint density at radius 2 is 1.62 bits per heavy atom. The van der Waals surface area contributed by atoms with Crippen LogP contribution in [0, 0.1) is 15.9 Å². The Balaban J connectivity index is 1.39. The molecule has 2 amide bonds. The van der Waals surface area contributed by atoms with Gasteiger partial charge in [-0.05, 0) is 12.1 Å². The highest BCUT2D eigenvalue weighted by Crippen LogP contribution is 2.30. The number of carbonyl (C=O) groups is 2. The average Bonchev–Trinajstić information content (AvgIpc) is 2.96. The zero-order valence-electron chi connectivity index (χ0n) is 15.6. The maximum Gasteiger partial charge on any atom is 0.282 e. The Morgan fingerprint density at radius 1 is 0.931 bits per heavy atom. The van der Waals surface area contributed by atoms with Crippen LogP contribution < -0.4 is 0 Å². The van der Waals surface area contributed by atoms with E-state index in [1.54, 1.807) is 18.2 Å². The number of amides is 2. The molecule has 0 saturated carbocycles. The van der Waals surface area contributed by atoms with E-state index in [0.717, 1.165) is 4.90 Å². The van der Waals surface area contributed by atoms with Gasteiger partial charge >= 0.3 is 0 Å². The highest BCUT2D eigenvalue weighted by Gasteiger charge is 2.41. The molecule has 2 aliphatic heterocycles. The van der Waals surface area contributed by atoms with Crippen molar-refractivity contribution in [2.75, 3.05) is 32.8 Å². The Bertz CT molecular complexity index is 988. The van der Waals surface area contributed by atoms with Crippen molar-refractivity contribution in [1.82, 2.24) is 14.7 Å². The van der Waals surface area contributed by atoms with Crippen LogP contribution in [0.15, 0.2) is 42.5 Å². The first-order valence-corrected chi connectivity index (χ1v) is 9.27. The zero-order chi connectivity index (χ0) is 20.5. The molecule has 9 heteroatoms. The molecule has 0 aliphatic carbocycles. The normalized spacial score (nSPS) is 17.6. The van der Waals surface area contributed by atoms with Gasteiger partial charge in [-0.2, -0.15) is 0 Å². The van der Waals surface area contributed by atoms with Crippen molar-refractivity contribution in [3.05, 3.63) is 75.1 Å². The van der Waals surface area contributed by atoms with Crippen LogP contribution in [0.5, 0.6) is 0 Å². The van der Waals surface area contributed by atoms with Gasteiger partial charge in [-0.3, -0.25) is 34.4 Å². The molecule has 1 saturated heterocycles. The summed E-state index contributed by atoms with van der Waals surface area (Å²) >= 11 is 0. The minimum absolute atomic E-state index is 0.0717. The topological polar surface area (TPSA) is 87.0 Å². The van der Waals surface area contributed by atoms with E-state index in [9.17, 15) is 24.1 Å². The second kappa shape index (κ2) is 7.69. The number of nitro groups is 1. The van der Waals surface area contributed by atoms with Crippen molar-refractivity contribution < 1.29 is 18.9 Å². The fraction of sp³-hybridized carbons (Fsp3) is 0.300. The van der Waals surface area contributed by atoms with Crippen LogP contribution in [0.4, 0.5) is 10.1 Å². The molecule has 0 radical (unpaired) electrons. The second-order valence-corrected chi connectivity index (χ2v) is 7.12. The summed E-state index contributed by atoms with van der Waals surface area (Å²) in [6, 6.07) is 10.7. The number of halogens is 1. The summed E-state index contributed by atoms with van der Waals surface area (Å²) in [5.41, 5.74) is 0.217. The maximum atomic E-state index is 13.8. The van der Waals surface area contributed by atoms with Crippen molar-refractivity contribution in [3.8, 4) is 0 Å². The van der Waals surface area contributed by atoms with Gasteiger partial charge in [-0.15, -0.1) is 0 Å². The number of imide groups is 1. The quantitative estimate of drug-likeness (QED) is 0.436. The zero-order valence-corrected chi connectivity index (χ0v) is 15.6. The van der Waals surface area contributed by atoms with Crippen molar-refractivity contribution in [2.24, 2.45) is 0 Å². The van der Waals surface area contributed by atoms with Crippen LogP contribution >= 0.6 is 0 Å². The summed E-state index contributed by atoms with van der Waals surface area (Å²) in [7, 11) is 0. The van der Waals surface area contributed by atoms with Gasteiger partial charge in [0.25, 0.3) is 17.5 Å². The number of hydrogen-bond acceptors (Lipinski definition) is 6. The predicted octanol–water partition coefficient (Wildman–Crippen LogP) is 2.11. The first-order valence-electron chi connectivity index (χ1n) is 9.27. The first-order chi connectivity index (χ1) is 14.0. The third-order valence-corrected chi connectivity index (χ3v) is 5.33. The van der Waals surface area contributed by atoms with Crippen LogP contribution in [0.25, 0.3) is 0 Å². The van der Waals surface area contributed by atoms with Crippen LogP contribution in [-0.2, 0) is 6.54 Å². The molecule has 150 valence electrons. The fourth-order valence-corrected chi connectivity index (χ4v) is 3.75. The molecular formula is C20H19FN4O4. The molecule has 29 heavy (non-hydrogen) atoms. The summed E-state index contributed by atoms with van der Waals surface area (Å²) in [6.07, 6.45) is 0. The number of hydrogen-bond donors (Lipinski definition) is 0. The molecule has 1 fully saturated rings. The lowest BCUT2D eigenvalue weighted by molar-refractivity contribution is -0.385. The Kier molecular flexibility index (Phi) is 5.08. The summed E-state index contributed by atoms with van der Waals surface area (Å²) in [4.78, 5) is 41.0. The van der Waals surface area contributed by atoms with E-state index in [0.29, 0.717) is 38.3 Å². The van der Waals surface area contributed by atoms with E-state index < -0.39 is 16.7 Å². The lowest BCUT2D eigenvalue weighted by Gasteiger charge is -2.36. The van der Waals surface area contributed by atoms with Crippen molar-refractivity contribution in [2.45, 2.75) is 6.54 Å². The molecule has 0 unspecified atom stereocenters. The largest absolute Gasteiger partial charge is 0.296 e. The number of piperazine rings is 1. The van der Waals surface area contributed by atoms with E-state index in [2.05, 4.69) is 4.90 Å². The van der Waals surface area contributed by atoms with Crippen molar-refractivity contribution in [3.63, 3.8) is 0 Å². The molecular weight excluding hydrogens is 379 g/mol. The van der Waals surface area contributed by atoms with Crippen LogP contribution in [0.2, 0.25) is 0 Å². The van der Waals surface area contributed by atoms with E-state index >= 15 is 0 Å². The van der Waals surface area contributed by atoms with E-state index in [-0.39, 0.29) is 29.3 Å². The number of carbonyl (C=O) groups excluding carboxylic acids is 2. The highest BCUT2D eigenvalue weighted by atomic mass is 19.1. The standard InChI is InChI=1S/C20H19FN4O4/c21-16-6-2-1-4-14(16)12-22-8-10-23(11-9-22)13-24-19(26)15-5-3-7-17(25(28)29)18(15)20(24)27/h1-7H,8-13H2. The van der Waals surface area contributed by atoms with Gasteiger partial charge in [0.05, 0.1) is 17.2 Å². The third kappa shape index (κ3) is 3.62. The summed E-state index contributed by atoms with van der Waals surface area (Å²) in [5, 5.41) is 11.2. The fourth-order valence-electron chi connectivity index (χ4n) is 3.75. The average molecular weight is 398 g/mol. The summed E-state index contributed by atoms with van der Waals surface area (Å²) in [5.74, 6) is -1.38. The number of fused-ring (bicyclic) bond motifs is 1. The number of rotatable bonds is 5. The molecule has 0 aromatic heterocycles. The van der Waals surface area contributed by atoms with Crippen LogP contribution in [0.1, 0.15) is 26.3 Å². The van der Waals surface area contributed by atoms with E-state index in [4.69, 9.17) is 0 Å². The van der Waals surface area contributed by atoms with Crippen molar-refractivity contribution >= 4 is 17.5 Å². The minimum atomic E-state index is -0.644. The maximum absolute atomic E-state index is 13.8. The molecule has 2 aromatic rings. The van der Waals surface area contributed by atoms with Crippen LogP contribution in [-0.4, -0.2) is 64.3 Å². The molecule has 0 bridgehead atoms. The molecule has 2 aliphatic rings. The van der Waals surface area contributed by atoms with Crippen molar-refractivity contribution in [1.29, 1.82) is 0 Å². The third-order valence-electron chi connectivity index (χ3n) is 5.33. The van der Waals surface area contributed by atoms with Gasteiger partial charge < -0.3 is 0 Å². The van der Waals surface area contributed by atoms with E-state index in [1.807, 2.05) is 4.90 Å². The molecule has 0 spiro atoms. The smallest absolute Gasteiger partial charge is 0.282 e. The molecule has 2 heterocycles. The molecule has 0 N–H and O–H groups in total. The number of nitrogens with zero attached hydrogens (tertiary/aromatic N) is 4. The van der Waals surface area contributed by atoms with Gasteiger partial charge in [0.15, 0.2) is 0 Å². The molecule has 8 nitrogen and oxygen atoms in total. The van der Waals surface area contributed by atoms with Gasteiger partial charge in [-0.25, -0.2) is 4.39 Å². The second-order valence-electron chi connectivity index (χ2n) is 7.12. The number of benzene rings is 2. The summed E-state index contributed by atoms with van der Waals surface area (Å²) < 4.78 is 13.8. The minimum Gasteiger partial charge on any atom is -0.296 e.